The number of hydrogen-bond donors (Lipinski definition) is 2. The fourth-order valence-corrected chi connectivity index (χ4v) is 0.322. The molecule has 0 spiro atoms. The number of aliphatic hydroxyl groups excluding tert-OH is 2. The first-order valence-electron chi connectivity index (χ1n) is 2.67. The van der Waals surface area contributed by atoms with Crippen molar-refractivity contribution in [1.82, 2.24) is 0 Å². The van der Waals surface area contributed by atoms with Crippen LogP contribution in [0.4, 0.5) is 0 Å². The Balaban J connectivity index is 3.34. The average molecular weight is 116 g/mol. The topological polar surface area (TPSA) is 40.5 Å². The van der Waals surface area contributed by atoms with Crippen LogP contribution in [0.5, 0.6) is 0 Å². The fraction of sp³-hybridized carbons (Fsp3) is 0.667. The number of aliphatic hydroxyl groups is 2. The zero-order chi connectivity index (χ0) is 6.57. The highest BCUT2D eigenvalue weighted by Crippen LogP contribution is 1.86. The van der Waals surface area contributed by atoms with E-state index in [1.807, 2.05) is 0 Å². The van der Waals surface area contributed by atoms with E-state index in [1.165, 1.54) is 0 Å². The van der Waals surface area contributed by atoms with Crippen molar-refractivity contribution in [3.63, 3.8) is 0 Å². The van der Waals surface area contributed by atoms with Crippen molar-refractivity contribution in [3.05, 3.63) is 12.2 Å². The molecule has 0 rings (SSSR count). The molecule has 0 aliphatic heterocycles. The Morgan fingerprint density at radius 3 is 1.38 bits per heavy atom. The molecule has 0 aliphatic carbocycles. The molecule has 8 heavy (non-hydrogen) atoms. The molecule has 2 nitrogen and oxygen atoms in total. The van der Waals surface area contributed by atoms with E-state index in [1.54, 1.807) is 26.0 Å². The van der Waals surface area contributed by atoms with Gasteiger partial charge in [0.1, 0.15) is 0 Å². The molecular weight excluding hydrogens is 104 g/mol. The monoisotopic (exact) mass is 116 g/mol. The first-order chi connectivity index (χ1) is 3.63. The molecule has 0 saturated carbocycles. The second-order valence-electron chi connectivity index (χ2n) is 1.87. The van der Waals surface area contributed by atoms with Crippen molar-refractivity contribution < 1.29 is 10.2 Å². The van der Waals surface area contributed by atoms with Crippen LogP contribution < -0.4 is 0 Å². The van der Waals surface area contributed by atoms with Crippen LogP contribution in [0.3, 0.4) is 0 Å². The predicted molar refractivity (Wildman–Crippen MR) is 32.5 cm³/mol. The van der Waals surface area contributed by atoms with Gasteiger partial charge in [-0.3, -0.25) is 0 Å². The van der Waals surface area contributed by atoms with Gasteiger partial charge in [0.15, 0.2) is 0 Å². The molecule has 0 bridgehead atoms. The maximum Gasteiger partial charge on any atom is 0.0693 e. The lowest BCUT2D eigenvalue weighted by molar-refractivity contribution is 0.228. The van der Waals surface area contributed by atoms with Crippen molar-refractivity contribution in [2.45, 2.75) is 26.1 Å². The first-order valence-corrected chi connectivity index (χ1v) is 2.67. The van der Waals surface area contributed by atoms with E-state index >= 15 is 0 Å². The van der Waals surface area contributed by atoms with Gasteiger partial charge in [-0.15, -0.1) is 0 Å². The largest absolute Gasteiger partial charge is 0.389 e. The standard InChI is InChI=1S/C6H12O2/c1-5(7)3-4-6(2)8/h3-8H,1-2H3/b4-3-/t5-,6-/m1/s1. The highest BCUT2D eigenvalue weighted by molar-refractivity contribution is 4.89. The van der Waals surface area contributed by atoms with E-state index in [9.17, 15) is 0 Å². The van der Waals surface area contributed by atoms with Crippen LogP contribution in [-0.4, -0.2) is 22.4 Å². The number of rotatable bonds is 2. The minimum atomic E-state index is -0.454. The molecule has 0 saturated heterocycles. The highest BCUT2D eigenvalue weighted by Gasteiger charge is 1.87. The molecule has 48 valence electrons. The van der Waals surface area contributed by atoms with E-state index in [2.05, 4.69) is 0 Å². The van der Waals surface area contributed by atoms with Crippen molar-refractivity contribution in [1.29, 1.82) is 0 Å². The van der Waals surface area contributed by atoms with Crippen molar-refractivity contribution >= 4 is 0 Å². The van der Waals surface area contributed by atoms with Crippen molar-refractivity contribution in [2.75, 3.05) is 0 Å². The molecule has 0 aromatic carbocycles. The second-order valence-corrected chi connectivity index (χ2v) is 1.87. The van der Waals surface area contributed by atoms with Crippen LogP contribution in [0.2, 0.25) is 0 Å². The lowest BCUT2D eigenvalue weighted by Crippen LogP contribution is -1.97. The van der Waals surface area contributed by atoms with E-state index < -0.39 is 12.2 Å². The van der Waals surface area contributed by atoms with E-state index in [0.29, 0.717) is 0 Å². The Morgan fingerprint density at radius 1 is 1.00 bits per heavy atom. The predicted octanol–water partition coefficient (Wildman–Crippen LogP) is 0.304. The molecule has 2 atom stereocenters. The maximum atomic E-state index is 8.60. The minimum absolute atomic E-state index is 0.454. The normalized spacial score (nSPS) is 19.0. The SMILES string of the molecule is C[C@@H](O)/C=C\[C@@H](C)O. The fourth-order valence-electron chi connectivity index (χ4n) is 0.322. The summed E-state index contributed by atoms with van der Waals surface area (Å²) in [5.74, 6) is 0. The third-order valence-corrected chi connectivity index (χ3v) is 0.668. The molecule has 2 heteroatoms. The molecule has 0 heterocycles. The van der Waals surface area contributed by atoms with Crippen molar-refractivity contribution in [3.8, 4) is 0 Å². The quantitative estimate of drug-likeness (QED) is 0.509. The molecule has 0 aliphatic rings. The van der Waals surface area contributed by atoms with Gasteiger partial charge in [0.25, 0.3) is 0 Å². The Bertz CT molecular complexity index is 64.6. The maximum absolute atomic E-state index is 8.60. The average Bonchev–Trinajstić information content (AvgIpc) is 1.61. The van der Waals surface area contributed by atoms with Gasteiger partial charge in [-0.1, -0.05) is 12.2 Å². The molecule has 0 amide bonds. The van der Waals surface area contributed by atoms with Crippen LogP contribution in [0, 0.1) is 0 Å². The molecule has 2 N–H and O–H groups in total. The smallest absolute Gasteiger partial charge is 0.0693 e. The van der Waals surface area contributed by atoms with Gasteiger partial charge >= 0.3 is 0 Å². The molecule has 0 aromatic heterocycles. The Kier molecular flexibility index (Phi) is 3.48. The summed E-state index contributed by atoms with van der Waals surface area (Å²) in [6.07, 6.45) is 2.18. The van der Waals surface area contributed by atoms with Crippen LogP contribution >= 0.6 is 0 Å². The first kappa shape index (κ1) is 7.66. The Labute approximate surface area is 49.5 Å². The van der Waals surface area contributed by atoms with E-state index in [-0.39, 0.29) is 0 Å². The summed E-state index contributed by atoms with van der Waals surface area (Å²) >= 11 is 0. The van der Waals surface area contributed by atoms with Crippen LogP contribution in [-0.2, 0) is 0 Å². The summed E-state index contributed by atoms with van der Waals surface area (Å²) in [7, 11) is 0. The summed E-state index contributed by atoms with van der Waals surface area (Å²) in [6, 6.07) is 0. The third-order valence-electron chi connectivity index (χ3n) is 0.668. The van der Waals surface area contributed by atoms with Gasteiger partial charge in [0.05, 0.1) is 12.2 Å². The summed E-state index contributed by atoms with van der Waals surface area (Å²) in [4.78, 5) is 0. The Morgan fingerprint density at radius 2 is 1.25 bits per heavy atom. The number of hydrogen-bond acceptors (Lipinski definition) is 2. The van der Waals surface area contributed by atoms with Gasteiger partial charge in [0, 0.05) is 0 Å². The van der Waals surface area contributed by atoms with E-state index in [4.69, 9.17) is 10.2 Å². The zero-order valence-electron chi connectivity index (χ0n) is 5.20. The highest BCUT2D eigenvalue weighted by atomic mass is 16.3. The Hall–Kier alpha value is -0.340. The summed E-state index contributed by atoms with van der Waals surface area (Å²) in [5.41, 5.74) is 0. The molecule has 0 fully saturated rings. The zero-order valence-corrected chi connectivity index (χ0v) is 5.20. The van der Waals surface area contributed by atoms with Crippen LogP contribution in [0.25, 0.3) is 0 Å². The van der Waals surface area contributed by atoms with Gasteiger partial charge in [-0.05, 0) is 13.8 Å². The van der Waals surface area contributed by atoms with Crippen molar-refractivity contribution in [2.24, 2.45) is 0 Å². The molecule has 0 aromatic rings. The van der Waals surface area contributed by atoms with Gasteiger partial charge in [-0.2, -0.15) is 0 Å². The van der Waals surface area contributed by atoms with Gasteiger partial charge in [-0.25, -0.2) is 0 Å². The summed E-state index contributed by atoms with van der Waals surface area (Å²) < 4.78 is 0. The molecule has 0 unspecified atom stereocenters. The van der Waals surface area contributed by atoms with Gasteiger partial charge < -0.3 is 10.2 Å². The minimum Gasteiger partial charge on any atom is -0.389 e. The third kappa shape index (κ3) is 5.66. The molecular formula is C6H12O2. The summed E-state index contributed by atoms with van der Waals surface area (Å²) in [6.45, 7) is 3.28. The van der Waals surface area contributed by atoms with Crippen LogP contribution in [0.1, 0.15) is 13.8 Å². The van der Waals surface area contributed by atoms with Gasteiger partial charge in [0.2, 0.25) is 0 Å². The lowest BCUT2D eigenvalue weighted by atomic mass is 10.3. The second kappa shape index (κ2) is 3.64. The molecule has 0 radical (unpaired) electrons. The summed E-state index contributed by atoms with van der Waals surface area (Å²) in [5, 5.41) is 17.2. The lowest BCUT2D eigenvalue weighted by Gasteiger charge is -1.94. The van der Waals surface area contributed by atoms with Crippen LogP contribution in [0.15, 0.2) is 12.2 Å². The van der Waals surface area contributed by atoms with E-state index in [0.717, 1.165) is 0 Å².